The zero-order valence-electron chi connectivity index (χ0n) is 9.16. The van der Waals surface area contributed by atoms with Gasteiger partial charge < -0.3 is 10.1 Å². The highest BCUT2D eigenvalue weighted by molar-refractivity contribution is 5.33. The standard InChI is InChI=1S/C12H16N2O/c1-4-6-11(14-5-2)10-7-8-13-9-12(10)15-3/h1,7-9,11,14H,5-6H2,2-3H3. The molecule has 0 saturated carbocycles. The maximum absolute atomic E-state index is 5.34. The van der Waals surface area contributed by atoms with Gasteiger partial charge in [-0.15, -0.1) is 12.3 Å². The molecule has 0 spiro atoms. The predicted octanol–water partition coefficient (Wildman–Crippen LogP) is 1.76. The average molecular weight is 204 g/mol. The van der Waals surface area contributed by atoms with Crippen LogP contribution < -0.4 is 10.1 Å². The SMILES string of the molecule is C#CCC(NCC)c1ccncc1OC. The number of pyridine rings is 1. The molecule has 0 amide bonds. The van der Waals surface area contributed by atoms with Gasteiger partial charge >= 0.3 is 0 Å². The maximum Gasteiger partial charge on any atom is 0.141 e. The fourth-order valence-electron chi connectivity index (χ4n) is 1.51. The molecule has 1 atom stereocenters. The molecular formula is C12H16N2O. The zero-order valence-corrected chi connectivity index (χ0v) is 9.16. The Balaban J connectivity index is 2.94. The van der Waals surface area contributed by atoms with E-state index >= 15 is 0 Å². The lowest BCUT2D eigenvalue weighted by atomic mass is 10.0. The molecule has 0 aliphatic carbocycles. The topological polar surface area (TPSA) is 34.2 Å². The third kappa shape index (κ3) is 2.97. The average Bonchev–Trinajstić information content (AvgIpc) is 2.29. The Morgan fingerprint density at radius 1 is 1.67 bits per heavy atom. The van der Waals surface area contributed by atoms with E-state index in [1.807, 2.05) is 6.07 Å². The van der Waals surface area contributed by atoms with Crippen molar-refractivity contribution in [2.45, 2.75) is 19.4 Å². The normalized spacial score (nSPS) is 11.8. The summed E-state index contributed by atoms with van der Waals surface area (Å²) in [6, 6.07) is 2.07. The highest BCUT2D eigenvalue weighted by atomic mass is 16.5. The Bertz CT molecular complexity index is 344. The number of aromatic nitrogens is 1. The van der Waals surface area contributed by atoms with E-state index in [1.54, 1.807) is 19.5 Å². The number of terminal acetylenes is 1. The smallest absolute Gasteiger partial charge is 0.141 e. The molecular weight excluding hydrogens is 188 g/mol. The van der Waals surface area contributed by atoms with Crippen LogP contribution in [0.15, 0.2) is 18.5 Å². The Labute approximate surface area is 90.9 Å². The number of hydrogen-bond donors (Lipinski definition) is 1. The van der Waals surface area contributed by atoms with Gasteiger partial charge in [0.1, 0.15) is 5.75 Å². The highest BCUT2D eigenvalue weighted by Gasteiger charge is 2.13. The first-order valence-corrected chi connectivity index (χ1v) is 4.98. The van der Waals surface area contributed by atoms with Gasteiger partial charge in [0, 0.05) is 24.2 Å². The largest absolute Gasteiger partial charge is 0.495 e. The summed E-state index contributed by atoms with van der Waals surface area (Å²) in [6.07, 6.45) is 9.44. The van der Waals surface area contributed by atoms with Crippen molar-refractivity contribution < 1.29 is 4.74 Å². The molecule has 1 aromatic rings. The molecule has 3 nitrogen and oxygen atoms in total. The number of hydrogen-bond acceptors (Lipinski definition) is 3. The van der Waals surface area contributed by atoms with Crippen LogP contribution in [0.4, 0.5) is 0 Å². The van der Waals surface area contributed by atoms with Crippen LogP contribution in [0.25, 0.3) is 0 Å². The second-order valence-corrected chi connectivity index (χ2v) is 3.14. The predicted molar refractivity (Wildman–Crippen MR) is 60.7 cm³/mol. The summed E-state index contributed by atoms with van der Waals surface area (Å²) in [5.74, 6) is 3.44. The minimum atomic E-state index is 0.137. The van der Waals surface area contributed by atoms with E-state index in [9.17, 15) is 0 Å². The summed E-state index contributed by atoms with van der Waals surface area (Å²) in [7, 11) is 1.64. The van der Waals surface area contributed by atoms with Crippen LogP contribution >= 0.6 is 0 Å². The van der Waals surface area contributed by atoms with Crippen LogP contribution in [0.5, 0.6) is 5.75 Å². The highest BCUT2D eigenvalue weighted by Crippen LogP contribution is 2.25. The van der Waals surface area contributed by atoms with E-state index in [1.165, 1.54) is 0 Å². The van der Waals surface area contributed by atoms with E-state index in [-0.39, 0.29) is 6.04 Å². The number of nitrogens with one attached hydrogen (secondary N) is 1. The molecule has 0 radical (unpaired) electrons. The summed E-state index contributed by atoms with van der Waals surface area (Å²) in [6.45, 7) is 2.93. The van der Waals surface area contributed by atoms with Gasteiger partial charge in [0.25, 0.3) is 0 Å². The van der Waals surface area contributed by atoms with Crippen molar-refractivity contribution in [1.29, 1.82) is 0 Å². The van der Waals surface area contributed by atoms with Gasteiger partial charge in [-0.1, -0.05) is 6.92 Å². The number of rotatable bonds is 5. The fraction of sp³-hybridized carbons (Fsp3) is 0.417. The summed E-state index contributed by atoms with van der Waals surface area (Å²) < 4.78 is 5.25. The van der Waals surface area contributed by atoms with Gasteiger partial charge in [-0.2, -0.15) is 0 Å². The molecule has 15 heavy (non-hydrogen) atoms. The first-order valence-electron chi connectivity index (χ1n) is 4.98. The van der Waals surface area contributed by atoms with Gasteiger partial charge in [-0.25, -0.2) is 0 Å². The van der Waals surface area contributed by atoms with Gasteiger partial charge in [-0.3, -0.25) is 4.98 Å². The summed E-state index contributed by atoms with van der Waals surface area (Å²) in [4.78, 5) is 4.01. The summed E-state index contributed by atoms with van der Waals surface area (Å²) >= 11 is 0. The van der Waals surface area contributed by atoms with Crippen molar-refractivity contribution in [2.75, 3.05) is 13.7 Å². The Morgan fingerprint density at radius 2 is 2.47 bits per heavy atom. The van der Waals surface area contributed by atoms with Gasteiger partial charge in [-0.05, 0) is 12.6 Å². The second-order valence-electron chi connectivity index (χ2n) is 3.14. The van der Waals surface area contributed by atoms with Crippen molar-refractivity contribution in [2.24, 2.45) is 0 Å². The van der Waals surface area contributed by atoms with Gasteiger partial charge in [0.15, 0.2) is 0 Å². The van der Waals surface area contributed by atoms with Crippen molar-refractivity contribution in [3.63, 3.8) is 0 Å². The van der Waals surface area contributed by atoms with Crippen LogP contribution in [-0.4, -0.2) is 18.6 Å². The number of ether oxygens (including phenoxy) is 1. The van der Waals surface area contributed by atoms with E-state index in [4.69, 9.17) is 11.2 Å². The maximum atomic E-state index is 5.34. The Morgan fingerprint density at radius 3 is 3.07 bits per heavy atom. The van der Waals surface area contributed by atoms with Gasteiger partial charge in [0.2, 0.25) is 0 Å². The quantitative estimate of drug-likeness (QED) is 0.742. The van der Waals surface area contributed by atoms with Crippen molar-refractivity contribution in [3.8, 4) is 18.1 Å². The minimum absolute atomic E-state index is 0.137. The Hall–Kier alpha value is -1.53. The van der Waals surface area contributed by atoms with Crippen LogP contribution in [0, 0.1) is 12.3 Å². The van der Waals surface area contributed by atoms with E-state index in [0.29, 0.717) is 6.42 Å². The molecule has 0 saturated heterocycles. The van der Waals surface area contributed by atoms with Crippen molar-refractivity contribution >= 4 is 0 Å². The molecule has 1 unspecified atom stereocenters. The molecule has 1 N–H and O–H groups in total. The fourth-order valence-corrected chi connectivity index (χ4v) is 1.51. The van der Waals surface area contributed by atoms with Gasteiger partial charge in [0.05, 0.1) is 13.3 Å². The van der Waals surface area contributed by atoms with Crippen LogP contribution in [0.2, 0.25) is 0 Å². The molecule has 0 aliphatic rings. The molecule has 0 bridgehead atoms. The van der Waals surface area contributed by atoms with E-state index in [2.05, 4.69) is 23.1 Å². The van der Waals surface area contributed by atoms with Crippen LogP contribution in [-0.2, 0) is 0 Å². The lowest BCUT2D eigenvalue weighted by Crippen LogP contribution is -2.21. The lowest BCUT2D eigenvalue weighted by Gasteiger charge is -2.17. The molecule has 1 heterocycles. The molecule has 0 aromatic carbocycles. The van der Waals surface area contributed by atoms with E-state index in [0.717, 1.165) is 17.9 Å². The third-order valence-corrected chi connectivity index (χ3v) is 2.18. The molecule has 1 aromatic heterocycles. The summed E-state index contributed by atoms with van der Waals surface area (Å²) in [5, 5.41) is 3.32. The van der Waals surface area contributed by atoms with Crippen molar-refractivity contribution in [3.05, 3.63) is 24.0 Å². The van der Waals surface area contributed by atoms with E-state index < -0.39 is 0 Å². The first-order chi connectivity index (χ1) is 7.33. The monoisotopic (exact) mass is 204 g/mol. The molecule has 0 aliphatic heterocycles. The molecule has 80 valence electrons. The molecule has 3 heteroatoms. The van der Waals surface area contributed by atoms with Crippen LogP contribution in [0.3, 0.4) is 0 Å². The summed E-state index contributed by atoms with van der Waals surface area (Å²) in [5.41, 5.74) is 1.06. The minimum Gasteiger partial charge on any atom is -0.495 e. The third-order valence-electron chi connectivity index (χ3n) is 2.18. The first kappa shape index (κ1) is 11.5. The number of methoxy groups -OCH3 is 1. The zero-order chi connectivity index (χ0) is 11.1. The van der Waals surface area contributed by atoms with Crippen LogP contribution in [0.1, 0.15) is 24.9 Å². The lowest BCUT2D eigenvalue weighted by molar-refractivity contribution is 0.398. The Kier molecular flexibility index (Phi) is 4.65. The molecule has 0 fully saturated rings. The second kappa shape index (κ2) is 6.05. The van der Waals surface area contributed by atoms with Crippen molar-refractivity contribution in [1.82, 2.24) is 10.3 Å². The molecule has 1 rings (SSSR count). The number of nitrogens with zero attached hydrogens (tertiary/aromatic N) is 1.